The van der Waals surface area contributed by atoms with Crippen LogP contribution in [0.5, 0.6) is 0 Å². The lowest BCUT2D eigenvalue weighted by Crippen LogP contribution is -2.31. The lowest BCUT2D eigenvalue weighted by atomic mass is 10.1. The fraction of sp³-hybridized carbons (Fsp3) is 0.0952. The Hall–Kier alpha value is -2.25. The molecule has 5 nitrogen and oxygen atoms in total. The topological polar surface area (TPSA) is 63.7 Å². The first-order valence-electron chi connectivity index (χ1n) is 8.78. The molecule has 0 radical (unpaired) electrons. The summed E-state index contributed by atoms with van der Waals surface area (Å²) in [5.41, 5.74) is 1.74. The number of ether oxygens (including phenoxy) is 1. The van der Waals surface area contributed by atoms with Crippen molar-refractivity contribution in [1.82, 2.24) is 0 Å². The van der Waals surface area contributed by atoms with Gasteiger partial charge < -0.3 is 4.74 Å². The zero-order valence-corrected chi connectivity index (χ0v) is 18.4. The third-order valence-electron chi connectivity index (χ3n) is 4.71. The van der Waals surface area contributed by atoms with Gasteiger partial charge in [0.25, 0.3) is 10.0 Å². The van der Waals surface area contributed by atoms with E-state index in [0.717, 1.165) is 4.31 Å². The second kappa shape index (κ2) is 8.12. The van der Waals surface area contributed by atoms with E-state index in [1.165, 1.54) is 18.2 Å². The molecule has 4 rings (SSSR count). The first kappa shape index (κ1) is 21.0. The Kier molecular flexibility index (Phi) is 5.68. The molecule has 0 amide bonds. The van der Waals surface area contributed by atoms with Crippen LogP contribution in [0.2, 0.25) is 15.1 Å². The summed E-state index contributed by atoms with van der Waals surface area (Å²) in [6, 6.07) is 15.7. The van der Waals surface area contributed by atoms with Crippen LogP contribution in [0.4, 0.5) is 5.69 Å². The predicted molar refractivity (Wildman–Crippen MR) is 117 cm³/mol. The zero-order valence-electron chi connectivity index (χ0n) is 15.3. The molecule has 0 fully saturated rings. The minimum Gasteiger partial charge on any atom is -0.457 e. The first-order chi connectivity index (χ1) is 14.3. The molecule has 154 valence electrons. The van der Waals surface area contributed by atoms with E-state index in [2.05, 4.69) is 0 Å². The van der Waals surface area contributed by atoms with Crippen LogP contribution in [0.3, 0.4) is 0 Å². The van der Waals surface area contributed by atoms with Gasteiger partial charge in [-0.2, -0.15) is 0 Å². The SMILES string of the molecule is O=C1OCc2ccc(N(Cc3c(Cl)cccc3Cl)S(=O)(=O)c3cccc(Cl)c3)cc21. The third kappa shape index (κ3) is 3.88. The number of anilines is 1. The number of carbonyl (C=O) groups excluding carboxylic acids is 1. The molecule has 0 saturated heterocycles. The lowest BCUT2D eigenvalue weighted by Gasteiger charge is -2.26. The van der Waals surface area contributed by atoms with Gasteiger partial charge >= 0.3 is 5.97 Å². The fourth-order valence-corrected chi connectivity index (χ4v) is 5.40. The van der Waals surface area contributed by atoms with Crippen molar-refractivity contribution in [3.05, 3.63) is 92.4 Å². The number of carbonyl (C=O) groups is 1. The Morgan fingerprint density at radius 3 is 2.33 bits per heavy atom. The van der Waals surface area contributed by atoms with E-state index < -0.39 is 16.0 Å². The number of nitrogens with zero attached hydrogens (tertiary/aromatic N) is 1. The number of sulfonamides is 1. The van der Waals surface area contributed by atoms with Gasteiger partial charge in [0.15, 0.2) is 0 Å². The number of hydrogen-bond acceptors (Lipinski definition) is 4. The maximum absolute atomic E-state index is 13.6. The summed E-state index contributed by atoms with van der Waals surface area (Å²) in [6.45, 7) is 0.0209. The summed E-state index contributed by atoms with van der Waals surface area (Å²) < 4.78 is 33.3. The van der Waals surface area contributed by atoms with E-state index in [4.69, 9.17) is 39.5 Å². The van der Waals surface area contributed by atoms with Gasteiger partial charge in [-0.05, 0) is 42.5 Å². The Morgan fingerprint density at radius 1 is 0.933 bits per heavy atom. The van der Waals surface area contributed by atoms with Gasteiger partial charge in [0, 0.05) is 26.2 Å². The minimum absolute atomic E-state index is 0.00116. The van der Waals surface area contributed by atoms with Gasteiger partial charge in [-0.25, -0.2) is 13.2 Å². The highest BCUT2D eigenvalue weighted by Crippen LogP contribution is 2.34. The molecule has 9 heteroatoms. The number of esters is 1. The van der Waals surface area contributed by atoms with Crippen LogP contribution >= 0.6 is 34.8 Å². The zero-order chi connectivity index (χ0) is 21.5. The van der Waals surface area contributed by atoms with Crippen molar-refractivity contribution in [3.8, 4) is 0 Å². The molecule has 0 saturated carbocycles. The number of halogens is 3. The summed E-state index contributed by atoms with van der Waals surface area (Å²) >= 11 is 18.6. The highest BCUT2D eigenvalue weighted by molar-refractivity contribution is 7.92. The summed E-state index contributed by atoms with van der Waals surface area (Å²) in [7, 11) is -4.06. The predicted octanol–water partition coefficient (Wildman–Crippen LogP) is 5.71. The minimum atomic E-state index is -4.06. The second-order valence-electron chi connectivity index (χ2n) is 6.59. The normalized spacial score (nSPS) is 13.1. The van der Waals surface area contributed by atoms with Crippen LogP contribution in [0.15, 0.2) is 65.6 Å². The van der Waals surface area contributed by atoms with E-state index in [9.17, 15) is 13.2 Å². The average Bonchev–Trinajstić information content (AvgIpc) is 3.08. The second-order valence-corrected chi connectivity index (χ2v) is 9.70. The third-order valence-corrected chi connectivity index (χ3v) is 7.42. The molecule has 0 bridgehead atoms. The van der Waals surface area contributed by atoms with Gasteiger partial charge in [0.05, 0.1) is 22.7 Å². The van der Waals surface area contributed by atoms with Crippen molar-refractivity contribution in [2.45, 2.75) is 18.0 Å². The van der Waals surface area contributed by atoms with E-state index in [-0.39, 0.29) is 28.8 Å². The van der Waals surface area contributed by atoms with Crippen molar-refractivity contribution >= 4 is 56.5 Å². The Morgan fingerprint density at radius 2 is 1.63 bits per heavy atom. The monoisotopic (exact) mass is 481 g/mol. The molecule has 1 heterocycles. The van der Waals surface area contributed by atoms with Gasteiger partial charge in [-0.1, -0.05) is 53.0 Å². The number of benzene rings is 3. The van der Waals surface area contributed by atoms with Crippen molar-refractivity contribution in [3.63, 3.8) is 0 Å². The van der Waals surface area contributed by atoms with Crippen LogP contribution in [-0.2, 0) is 27.9 Å². The number of hydrogen-bond donors (Lipinski definition) is 0. The molecule has 30 heavy (non-hydrogen) atoms. The molecular formula is C21H14Cl3NO4S. The largest absolute Gasteiger partial charge is 0.457 e. The highest BCUT2D eigenvalue weighted by atomic mass is 35.5. The molecule has 0 aliphatic carbocycles. The molecule has 0 aromatic heterocycles. The summed E-state index contributed by atoms with van der Waals surface area (Å²) in [5.74, 6) is -0.497. The molecule has 0 atom stereocenters. The number of fused-ring (bicyclic) bond motifs is 1. The highest BCUT2D eigenvalue weighted by Gasteiger charge is 2.29. The summed E-state index contributed by atoms with van der Waals surface area (Å²) in [5, 5.41) is 0.938. The molecule has 1 aliphatic heterocycles. The van der Waals surface area contributed by atoms with E-state index in [0.29, 0.717) is 26.7 Å². The van der Waals surface area contributed by atoms with Crippen molar-refractivity contribution in [2.75, 3.05) is 4.31 Å². The van der Waals surface area contributed by atoms with E-state index in [1.54, 1.807) is 42.5 Å². The van der Waals surface area contributed by atoms with Crippen molar-refractivity contribution < 1.29 is 17.9 Å². The van der Waals surface area contributed by atoms with E-state index in [1.807, 2.05) is 0 Å². The maximum atomic E-state index is 13.6. The van der Waals surface area contributed by atoms with Gasteiger partial charge in [-0.3, -0.25) is 4.31 Å². The fourth-order valence-electron chi connectivity index (χ4n) is 3.15. The van der Waals surface area contributed by atoms with E-state index >= 15 is 0 Å². The van der Waals surface area contributed by atoms with Gasteiger partial charge in [-0.15, -0.1) is 0 Å². The first-order valence-corrected chi connectivity index (χ1v) is 11.4. The van der Waals surface area contributed by atoms with Crippen molar-refractivity contribution in [1.29, 1.82) is 0 Å². The van der Waals surface area contributed by atoms with Crippen LogP contribution in [0.1, 0.15) is 21.5 Å². The standard InChI is InChI=1S/C21H14Cl3NO4S/c22-14-3-1-4-16(9-14)30(27,28)25(11-18-19(23)5-2-6-20(18)24)15-8-7-13-12-29-21(26)17(13)10-15/h1-10H,11-12H2. The number of rotatable bonds is 5. The Bertz CT molecular complexity index is 1240. The van der Waals surface area contributed by atoms with Crippen LogP contribution in [0, 0.1) is 0 Å². The lowest BCUT2D eigenvalue weighted by molar-refractivity contribution is 0.0535. The average molecular weight is 483 g/mol. The van der Waals surface area contributed by atoms with Gasteiger partial charge in [0.1, 0.15) is 6.61 Å². The van der Waals surface area contributed by atoms with Crippen LogP contribution < -0.4 is 4.31 Å². The molecule has 3 aromatic rings. The summed E-state index contributed by atoms with van der Waals surface area (Å²) in [4.78, 5) is 12.0. The quantitative estimate of drug-likeness (QED) is 0.437. The molecule has 1 aliphatic rings. The van der Waals surface area contributed by atoms with Gasteiger partial charge in [0.2, 0.25) is 0 Å². The Labute approximate surface area is 188 Å². The smallest absolute Gasteiger partial charge is 0.338 e. The molecular weight excluding hydrogens is 469 g/mol. The molecule has 0 N–H and O–H groups in total. The van der Waals surface area contributed by atoms with Crippen molar-refractivity contribution in [2.24, 2.45) is 0 Å². The number of cyclic esters (lactones) is 1. The van der Waals surface area contributed by atoms with Crippen LogP contribution in [0.25, 0.3) is 0 Å². The van der Waals surface area contributed by atoms with Crippen LogP contribution in [-0.4, -0.2) is 14.4 Å². The summed E-state index contributed by atoms with van der Waals surface area (Å²) in [6.07, 6.45) is 0. The molecule has 0 spiro atoms. The Balaban J connectivity index is 1.87. The molecule has 3 aromatic carbocycles. The molecule has 0 unspecified atom stereocenters. The maximum Gasteiger partial charge on any atom is 0.338 e.